The maximum Gasteiger partial charge on any atom is 0.139 e. The number of nitrogens with one attached hydrogen (secondary N) is 1. The molecule has 4 aromatic carbocycles. The SMILES string of the molecule is Clc1cccc(COc2c(Br)cc(Br)cc2CNc2ccc(Oc3ccccc3)cc2)c1. The number of hydrogen-bond donors (Lipinski definition) is 1. The van der Waals surface area contributed by atoms with Crippen LogP contribution in [0.4, 0.5) is 5.69 Å². The Morgan fingerprint density at radius 3 is 2.28 bits per heavy atom. The Kier molecular flexibility index (Phi) is 7.74. The molecule has 162 valence electrons. The van der Waals surface area contributed by atoms with Crippen LogP contribution in [-0.2, 0) is 13.2 Å². The third-order valence-electron chi connectivity index (χ3n) is 4.67. The zero-order valence-corrected chi connectivity index (χ0v) is 21.0. The molecule has 0 saturated heterocycles. The van der Waals surface area contributed by atoms with Crippen LogP contribution in [0.3, 0.4) is 0 Å². The third-order valence-corrected chi connectivity index (χ3v) is 5.96. The summed E-state index contributed by atoms with van der Waals surface area (Å²) in [6.45, 7) is 1.03. The predicted molar refractivity (Wildman–Crippen MR) is 138 cm³/mol. The van der Waals surface area contributed by atoms with E-state index in [1.54, 1.807) is 0 Å². The number of para-hydroxylation sites is 1. The van der Waals surface area contributed by atoms with Crippen molar-refractivity contribution in [3.05, 3.63) is 116 Å². The van der Waals surface area contributed by atoms with Crippen molar-refractivity contribution in [1.29, 1.82) is 0 Å². The van der Waals surface area contributed by atoms with E-state index in [1.165, 1.54) is 0 Å². The average Bonchev–Trinajstić information content (AvgIpc) is 2.78. The summed E-state index contributed by atoms with van der Waals surface area (Å²) >= 11 is 13.3. The van der Waals surface area contributed by atoms with Crippen molar-refractivity contribution in [3.63, 3.8) is 0 Å². The Labute approximate surface area is 209 Å². The monoisotopic (exact) mass is 571 g/mol. The summed E-state index contributed by atoms with van der Waals surface area (Å²) in [5, 5.41) is 4.15. The Hall–Kier alpha value is -2.47. The van der Waals surface area contributed by atoms with E-state index >= 15 is 0 Å². The lowest BCUT2D eigenvalue weighted by Crippen LogP contribution is -2.05. The highest BCUT2D eigenvalue weighted by Crippen LogP contribution is 2.34. The molecule has 3 nitrogen and oxygen atoms in total. The molecule has 4 rings (SSSR count). The standard InChI is InChI=1S/C26H20Br2ClNO2/c27-20-14-19(26(25(28)15-20)31-17-18-5-4-6-21(29)13-18)16-30-22-9-11-24(12-10-22)32-23-7-2-1-3-8-23/h1-15,30H,16-17H2. The summed E-state index contributed by atoms with van der Waals surface area (Å²) in [5.74, 6) is 2.40. The summed E-state index contributed by atoms with van der Waals surface area (Å²) < 4.78 is 13.9. The Balaban J connectivity index is 1.43. The summed E-state index contributed by atoms with van der Waals surface area (Å²) in [4.78, 5) is 0. The first-order valence-corrected chi connectivity index (χ1v) is 12.0. The van der Waals surface area contributed by atoms with E-state index in [1.807, 2.05) is 84.9 Å². The van der Waals surface area contributed by atoms with E-state index in [9.17, 15) is 0 Å². The van der Waals surface area contributed by atoms with Crippen molar-refractivity contribution in [3.8, 4) is 17.2 Å². The van der Waals surface area contributed by atoms with Crippen LogP contribution >= 0.6 is 43.5 Å². The molecule has 0 fully saturated rings. The largest absolute Gasteiger partial charge is 0.487 e. The topological polar surface area (TPSA) is 30.5 Å². The highest BCUT2D eigenvalue weighted by molar-refractivity contribution is 9.11. The number of hydrogen-bond acceptors (Lipinski definition) is 3. The van der Waals surface area contributed by atoms with E-state index in [0.717, 1.165) is 43.0 Å². The van der Waals surface area contributed by atoms with Gasteiger partial charge in [0.25, 0.3) is 0 Å². The smallest absolute Gasteiger partial charge is 0.139 e. The van der Waals surface area contributed by atoms with Crippen LogP contribution in [0.5, 0.6) is 17.2 Å². The van der Waals surface area contributed by atoms with Crippen LogP contribution in [0.25, 0.3) is 0 Å². The lowest BCUT2D eigenvalue weighted by atomic mass is 10.2. The van der Waals surface area contributed by atoms with Crippen LogP contribution in [-0.4, -0.2) is 0 Å². The van der Waals surface area contributed by atoms with Gasteiger partial charge >= 0.3 is 0 Å². The van der Waals surface area contributed by atoms with Gasteiger partial charge in [0.2, 0.25) is 0 Å². The maximum atomic E-state index is 6.15. The van der Waals surface area contributed by atoms with Crippen LogP contribution in [0.1, 0.15) is 11.1 Å². The molecule has 0 heterocycles. The first kappa shape index (κ1) is 22.7. The van der Waals surface area contributed by atoms with Gasteiger partial charge in [0, 0.05) is 27.3 Å². The first-order chi connectivity index (χ1) is 15.6. The summed E-state index contributed by atoms with van der Waals surface area (Å²) in [6, 6.07) is 29.3. The second-order valence-electron chi connectivity index (χ2n) is 7.09. The molecule has 0 saturated carbocycles. The fourth-order valence-corrected chi connectivity index (χ4v) is 4.79. The molecule has 0 unspecified atom stereocenters. The molecular weight excluding hydrogens is 554 g/mol. The Morgan fingerprint density at radius 1 is 0.781 bits per heavy atom. The Bertz CT molecular complexity index is 1180. The van der Waals surface area contributed by atoms with Gasteiger partial charge < -0.3 is 14.8 Å². The molecule has 4 aromatic rings. The summed E-state index contributed by atoms with van der Waals surface area (Å²) in [5.41, 5.74) is 3.03. The number of halogens is 3. The molecule has 0 aliphatic heterocycles. The molecule has 6 heteroatoms. The van der Waals surface area contributed by atoms with Crippen LogP contribution in [0.2, 0.25) is 5.02 Å². The van der Waals surface area contributed by atoms with Crippen molar-refractivity contribution in [2.75, 3.05) is 5.32 Å². The summed E-state index contributed by atoms with van der Waals surface area (Å²) in [7, 11) is 0. The molecule has 0 amide bonds. The minimum Gasteiger partial charge on any atom is -0.487 e. The maximum absolute atomic E-state index is 6.15. The normalized spacial score (nSPS) is 10.6. The zero-order valence-electron chi connectivity index (χ0n) is 17.0. The molecule has 1 N–H and O–H groups in total. The number of ether oxygens (including phenoxy) is 2. The molecule has 0 radical (unpaired) electrons. The molecule has 0 aliphatic carbocycles. The number of benzene rings is 4. The van der Waals surface area contributed by atoms with Gasteiger partial charge in [-0.15, -0.1) is 0 Å². The Morgan fingerprint density at radius 2 is 1.53 bits per heavy atom. The average molecular weight is 574 g/mol. The van der Waals surface area contributed by atoms with Gasteiger partial charge in [-0.2, -0.15) is 0 Å². The first-order valence-electron chi connectivity index (χ1n) is 9.99. The van der Waals surface area contributed by atoms with Crippen molar-refractivity contribution in [1.82, 2.24) is 0 Å². The highest BCUT2D eigenvalue weighted by Gasteiger charge is 2.11. The third kappa shape index (κ3) is 6.28. The van der Waals surface area contributed by atoms with E-state index in [4.69, 9.17) is 21.1 Å². The summed E-state index contributed by atoms with van der Waals surface area (Å²) in [6.07, 6.45) is 0. The van der Waals surface area contributed by atoms with Crippen molar-refractivity contribution in [2.24, 2.45) is 0 Å². The molecule has 0 spiro atoms. The molecule has 0 aliphatic rings. The van der Waals surface area contributed by atoms with Gasteiger partial charge in [0.1, 0.15) is 23.9 Å². The lowest BCUT2D eigenvalue weighted by Gasteiger charge is -2.16. The fraction of sp³-hybridized carbons (Fsp3) is 0.0769. The molecule has 0 atom stereocenters. The second kappa shape index (κ2) is 10.9. The van der Waals surface area contributed by atoms with E-state index in [0.29, 0.717) is 18.2 Å². The van der Waals surface area contributed by atoms with Gasteiger partial charge in [0.15, 0.2) is 0 Å². The zero-order chi connectivity index (χ0) is 22.3. The van der Waals surface area contributed by atoms with Gasteiger partial charge in [0.05, 0.1) is 4.47 Å². The molecule has 32 heavy (non-hydrogen) atoms. The van der Waals surface area contributed by atoms with E-state index < -0.39 is 0 Å². The number of rotatable bonds is 8. The van der Waals surface area contributed by atoms with Gasteiger partial charge in [-0.05, 0) is 82.2 Å². The van der Waals surface area contributed by atoms with Gasteiger partial charge in [-0.3, -0.25) is 0 Å². The van der Waals surface area contributed by atoms with Gasteiger partial charge in [-0.1, -0.05) is 57.9 Å². The molecule has 0 aromatic heterocycles. The minimum atomic E-state index is 0.430. The fourth-order valence-electron chi connectivity index (χ4n) is 3.15. The van der Waals surface area contributed by atoms with E-state index in [-0.39, 0.29) is 0 Å². The van der Waals surface area contributed by atoms with Crippen LogP contribution in [0, 0.1) is 0 Å². The van der Waals surface area contributed by atoms with Crippen molar-refractivity contribution in [2.45, 2.75) is 13.2 Å². The van der Waals surface area contributed by atoms with Crippen LogP contribution < -0.4 is 14.8 Å². The number of anilines is 1. The molecular formula is C26H20Br2ClNO2. The van der Waals surface area contributed by atoms with Gasteiger partial charge in [-0.25, -0.2) is 0 Å². The molecule has 0 bridgehead atoms. The van der Waals surface area contributed by atoms with Crippen LogP contribution in [0.15, 0.2) is 99.9 Å². The van der Waals surface area contributed by atoms with E-state index in [2.05, 4.69) is 43.2 Å². The minimum absolute atomic E-state index is 0.430. The predicted octanol–water partition coefficient (Wildman–Crippen LogP) is 8.85. The highest BCUT2D eigenvalue weighted by atomic mass is 79.9. The van der Waals surface area contributed by atoms with Crippen molar-refractivity contribution < 1.29 is 9.47 Å². The van der Waals surface area contributed by atoms with Crippen molar-refractivity contribution >= 4 is 49.1 Å². The lowest BCUT2D eigenvalue weighted by molar-refractivity contribution is 0.301. The second-order valence-corrected chi connectivity index (χ2v) is 9.29. The quantitative estimate of drug-likeness (QED) is 0.228.